The minimum Gasteiger partial charge on any atom is -0.496 e. The molecule has 3 rings (SSSR count). The number of methoxy groups -OCH3 is 1. The Morgan fingerprint density at radius 3 is 2.85 bits per heavy atom. The van der Waals surface area contributed by atoms with Crippen LogP contribution in [0.25, 0.3) is 11.3 Å². The highest BCUT2D eigenvalue weighted by molar-refractivity contribution is 5.79. The molecule has 6 nitrogen and oxygen atoms in total. The Labute approximate surface area is 160 Å². The highest BCUT2D eigenvalue weighted by Crippen LogP contribution is 2.29. The van der Waals surface area contributed by atoms with E-state index in [1.807, 2.05) is 36.4 Å². The maximum Gasteiger partial charge on any atom is 0.224 e. The van der Waals surface area contributed by atoms with E-state index in [0.717, 1.165) is 61.6 Å². The lowest BCUT2D eigenvalue weighted by Crippen LogP contribution is -2.43. The number of benzene rings is 1. The van der Waals surface area contributed by atoms with Crippen molar-refractivity contribution in [1.29, 1.82) is 0 Å². The van der Waals surface area contributed by atoms with Crippen LogP contribution < -0.4 is 15.0 Å². The molecule has 0 saturated carbocycles. The topological polar surface area (TPSA) is 67.4 Å². The van der Waals surface area contributed by atoms with Crippen LogP contribution in [0.15, 0.2) is 36.4 Å². The van der Waals surface area contributed by atoms with Gasteiger partial charge in [0.25, 0.3) is 0 Å². The molecule has 6 heteroatoms. The van der Waals surface area contributed by atoms with Gasteiger partial charge in [0.2, 0.25) is 5.91 Å². The van der Waals surface area contributed by atoms with Crippen molar-refractivity contribution in [2.24, 2.45) is 5.92 Å². The van der Waals surface area contributed by atoms with Crippen LogP contribution in [0.3, 0.4) is 0 Å². The first kappa shape index (κ1) is 19.1. The zero-order valence-corrected chi connectivity index (χ0v) is 16.1. The van der Waals surface area contributed by atoms with Crippen LogP contribution in [-0.2, 0) is 4.79 Å². The summed E-state index contributed by atoms with van der Waals surface area (Å²) >= 11 is 0. The van der Waals surface area contributed by atoms with Gasteiger partial charge in [-0.15, -0.1) is 10.2 Å². The molecule has 1 amide bonds. The van der Waals surface area contributed by atoms with Crippen molar-refractivity contribution in [3.05, 3.63) is 36.4 Å². The van der Waals surface area contributed by atoms with Gasteiger partial charge in [-0.05, 0) is 43.5 Å². The molecule has 0 radical (unpaired) electrons. The predicted molar refractivity (Wildman–Crippen MR) is 107 cm³/mol. The second kappa shape index (κ2) is 9.35. The Morgan fingerprint density at radius 2 is 2.11 bits per heavy atom. The van der Waals surface area contributed by atoms with E-state index in [2.05, 4.69) is 27.3 Å². The lowest BCUT2D eigenvalue weighted by Gasteiger charge is -2.32. The highest BCUT2D eigenvalue weighted by Gasteiger charge is 2.26. The smallest absolute Gasteiger partial charge is 0.224 e. The summed E-state index contributed by atoms with van der Waals surface area (Å²) in [4.78, 5) is 14.5. The fraction of sp³-hybridized carbons (Fsp3) is 0.476. The van der Waals surface area contributed by atoms with Gasteiger partial charge in [-0.1, -0.05) is 25.5 Å². The molecule has 27 heavy (non-hydrogen) atoms. The molecular weight excluding hydrogens is 340 g/mol. The van der Waals surface area contributed by atoms with Gasteiger partial charge in [0.15, 0.2) is 5.82 Å². The van der Waals surface area contributed by atoms with E-state index < -0.39 is 0 Å². The van der Waals surface area contributed by atoms with E-state index >= 15 is 0 Å². The SMILES string of the molecule is CCCCNC(=O)C1CCCN(c2ccc(-c3ccccc3OC)nn2)C1. The quantitative estimate of drug-likeness (QED) is 0.760. The van der Waals surface area contributed by atoms with Gasteiger partial charge in [0.05, 0.1) is 18.7 Å². The number of amides is 1. The number of anilines is 1. The molecule has 1 unspecified atom stereocenters. The van der Waals surface area contributed by atoms with Crippen molar-refractivity contribution in [3.63, 3.8) is 0 Å². The van der Waals surface area contributed by atoms with E-state index in [9.17, 15) is 4.79 Å². The first-order valence-corrected chi connectivity index (χ1v) is 9.72. The third-order valence-corrected chi connectivity index (χ3v) is 4.98. The van der Waals surface area contributed by atoms with Crippen molar-refractivity contribution >= 4 is 11.7 Å². The Hall–Kier alpha value is -2.63. The van der Waals surface area contributed by atoms with Gasteiger partial charge < -0.3 is 15.0 Å². The molecule has 1 aromatic heterocycles. The molecule has 0 spiro atoms. The number of carbonyl (C=O) groups is 1. The molecule has 1 N–H and O–H groups in total. The van der Waals surface area contributed by atoms with E-state index in [1.165, 1.54) is 0 Å². The van der Waals surface area contributed by atoms with Crippen molar-refractivity contribution < 1.29 is 9.53 Å². The first-order valence-electron chi connectivity index (χ1n) is 9.72. The molecule has 2 aromatic rings. The molecule has 144 valence electrons. The van der Waals surface area contributed by atoms with E-state index in [4.69, 9.17) is 4.74 Å². The summed E-state index contributed by atoms with van der Waals surface area (Å²) < 4.78 is 5.40. The maximum absolute atomic E-state index is 12.4. The third-order valence-electron chi connectivity index (χ3n) is 4.98. The second-order valence-electron chi connectivity index (χ2n) is 6.91. The Balaban J connectivity index is 1.67. The third kappa shape index (κ3) is 4.76. The number of carbonyl (C=O) groups excluding carboxylic acids is 1. The standard InChI is InChI=1S/C21H28N4O2/c1-3-4-13-22-21(26)16-8-7-14-25(15-16)20-12-11-18(23-24-20)17-9-5-6-10-19(17)27-2/h5-6,9-12,16H,3-4,7-8,13-15H2,1-2H3,(H,22,26). The number of nitrogens with zero attached hydrogens (tertiary/aromatic N) is 3. The van der Waals surface area contributed by atoms with Crippen molar-refractivity contribution in [2.45, 2.75) is 32.6 Å². The minimum absolute atomic E-state index is 0.0197. The molecular formula is C21H28N4O2. The average Bonchev–Trinajstić information content (AvgIpc) is 2.74. The number of nitrogens with one attached hydrogen (secondary N) is 1. The Bertz CT molecular complexity index is 748. The van der Waals surface area contributed by atoms with Crippen LogP contribution in [0.4, 0.5) is 5.82 Å². The normalized spacial score (nSPS) is 16.8. The van der Waals surface area contributed by atoms with E-state index in [1.54, 1.807) is 7.11 Å². The summed E-state index contributed by atoms with van der Waals surface area (Å²) in [5, 5.41) is 11.9. The molecule has 0 aliphatic carbocycles. The molecule has 0 bridgehead atoms. The Morgan fingerprint density at radius 1 is 1.26 bits per heavy atom. The molecule has 1 aromatic carbocycles. The zero-order valence-electron chi connectivity index (χ0n) is 16.1. The Kier molecular flexibility index (Phi) is 6.63. The fourth-order valence-electron chi connectivity index (χ4n) is 3.43. The summed E-state index contributed by atoms with van der Waals surface area (Å²) in [5.74, 6) is 1.78. The largest absolute Gasteiger partial charge is 0.496 e. The number of unbranched alkanes of at least 4 members (excludes halogenated alkanes) is 1. The first-order chi connectivity index (χ1) is 13.2. The average molecular weight is 368 g/mol. The summed E-state index contributed by atoms with van der Waals surface area (Å²) in [6.07, 6.45) is 4.03. The lowest BCUT2D eigenvalue weighted by atomic mass is 9.97. The highest BCUT2D eigenvalue weighted by atomic mass is 16.5. The van der Waals surface area contributed by atoms with Crippen LogP contribution in [-0.4, -0.2) is 42.8 Å². The zero-order chi connectivity index (χ0) is 19.1. The van der Waals surface area contributed by atoms with Gasteiger partial charge in [-0.25, -0.2) is 0 Å². The molecule has 1 fully saturated rings. The van der Waals surface area contributed by atoms with Crippen LogP contribution >= 0.6 is 0 Å². The summed E-state index contributed by atoms with van der Waals surface area (Å²) in [6.45, 7) is 4.49. The fourth-order valence-corrected chi connectivity index (χ4v) is 3.43. The van der Waals surface area contributed by atoms with Crippen molar-refractivity contribution in [3.8, 4) is 17.0 Å². The number of aromatic nitrogens is 2. The number of piperidine rings is 1. The minimum atomic E-state index is 0.0197. The maximum atomic E-state index is 12.4. The molecule has 1 atom stereocenters. The van der Waals surface area contributed by atoms with Gasteiger partial charge in [-0.2, -0.15) is 0 Å². The number of ether oxygens (including phenoxy) is 1. The second-order valence-corrected chi connectivity index (χ2v) is 6.91. The van der Waals surface area contributed by atoms with Crippen LogP contribution in [0.5, 0.6) is 5.75 Å². The monoisotopic (exact) mass is 368 g/mol. The lowest BCUT2D eigenvalue weighted by molar-refractivity contribution is -0.125. The van der Waals surface area contributed by atoms with Crippen LogP contribution in [0, 0.1) is 5.92 Å². The summed E-state index contributed by atoms with van der Waals surface area (Å²) in [5.41, 5.74) is 1.70. The van der Waals surface area contributed by atoms with Crippen molar-refractivity contribution in [1.82, 2.24) is 15.5 Å². The van der Waals surface area contributed by atoms with Gasteiger partial charge in [0.1, 0.15) is 5.75 Å². The molecule has 1 aliphatic rings. The summed E-state index contributed by atoms with van der Waals surface area (Å²) in [6, 6.07) is 11.7. The van der Waals surface area contributed by atoms with E-state index in [0.29, 0.717) is 6.54 Å². The molecule has 2 heterocycles. The predicted octanol–water partition coefficient (Wildman–Crippen LogP) is 3.28. The van der Waals surface area contributed by atoms with Crippen LogP contribution in [0.1, 0.15) is 32.6 Å². The number of para-hydroxylation sites is 1. The molecule has 1 saturated heterocycles. The number of rotatable bonds is 7. The van der Waals surface area contributed by atoms with Crippen LogP contribution in [0.2, 0.25) is 0 Å². The number of hydrogen-bond donors (Lipinski definition) is 1. The van der Waals surface area contributed by atoms with Gasteiger partial charge in [-0.3, -0.25) is 4.79 Å². The summed E-state index contributed by atoms with van der Waals surface area (Å²) in [7, 11) is 1.65. The van der Waals surface area contributed by atoms with Crippen molar-refractivity contribution in [2.75, 3.05) is 31.6 Å². The van der Waals surface area contributed by atoms with Gasteiger partial charge in [0, 0.05) is 25.2 Å². The molecule has 1 aliphatic heterocycles. The number of hydrogen-bond acceptors (Lipinski definition) is 5. The van der Waals surface area contributed by atoms with E-state index in [-0.39, 0.29) is 11.8 Å². The van der Waals surface area contributed by atoms with Gasteiger partial charge >= 0.3 is 0 Å².